The normalized spacial score (nSPS) is 15.7. The zero-order chi connectivity index (χ0) is 18.1. The van der Waals surface area contributed by atoms with Gasteiger partial charge in [0, 0.05) is 37.4 Å². The number of anilines is 1. The van der Waals surface area contributed by atoms with E-state index in [0.717, 1.165) is 42.0 Å². The fourth-order valence-corrected chi connectivity index (χ4v) is 4.32. The summed E-state index contributed by atoms with van der Waals surface area (Å²) < 4.78 is 1.15. The van der Waals surface area contributed by atoms with Crippen LogP contribution in [0, 0.1) is 6.92 Å². The molecule has 1 aliphatic heterocycles. The highest BCUT2D eigenvalue weighted by atomic mass is 32.1. The predicted octanol–water partition coefficient (Wildman–Crippen LogP) is 1.13. The van der Waals surface area contributed by atoms with Gasteiger partial charge in [-0.05, 0) is 30.7 Å². The zero-order valence-electron chi connectivity index (χ0n) is 14.4. The van der Waals surface area contributed by atoms with Crippen LogP contribution in [0.1, 0.15) is 24.0 Å². The average Bonchev–Trinajstić information content (AvgIpc) is 3.03. The lowest BCUT2D eigenvalue weighted by Gasteiger charge is -2.33. The van der Waals surface area contributed by atoms with E-state index in [4.69, 9.17) is 0 Å². The summed E-state index contributed by atoms with van der Waals surface area (Å²) in [6.45, 7) is 4.33. The maximum Gasteiger partial charge on any atom is 0.325 e. The molecule has 8 nitrogen and oxygen atoms in total. The lowest BCUT2D eigenvalue weighted by molar-refractivity contribution is 0.412. The Hall–Kier alpha value is -2.52. The molecule has 9 heteroatoms. The van der Waals surface area contributed by atoms with Gasteiger partial charge in [0.05, 0.1) is 10.2 Å². The summed E-state index contributed by atoms with van der Waals surface area (Å²) >= 11 is 1.70. The molecule has 1 saturated heterocycles. The molecular weight excluding hydrogens is 352 g/mol. The smallest absolute Gasteiger partial charge is 0.325 e. The summed E-state index contributed by atoms with van der Waals surface area (Å²) in [6.07, 6.45) is 5.05. The minimum Gasteiger partial charge on any atom is -0.355 e. The zero-order valence-corrected chi connectivity index (χ0v) is 15.2. The minimum absolute atomic E-state index is 0.333. The largest absolute Gasteiger partial charge is 0.355 e. The number of rotatable bonds is 4. The van der Waals surface area contributed by atoms with Crippen molar-refractivity contribution in [3.63, 3.8) is 0 Å². The summed E-state index contributed by atoms with van der Waals surface area (Å²) in [6, 6.07) is 0.333. The number of nitrogens with one attached hydrogen (secondary N) is 3. The monoisotopic (exact) mass is 372 g/mol. The van der Waals surface area contributed by atoms with Crippen LogP contribution in [0.3, 0.4) is 0 Å². The fraction of sp³-hybridized carbons (Fsp3) is 0.412. The van der Waals surface area contributed by atoms with Crippen LogP contribution in [0.4, 0.5) is 5.82 Å². The van der Waals surface area contributed by atoms with Crippen molar-refractivity contribution in [3.8, 4) is 0 Å². The van der Waals surface area contributed by atoms with Gasteiger partial charge in [0.2, 0.25) is 0 Å². The molecule has 0 saturated carbocycles. The van der Waals surface area contributed by atoms with Crippen LogP contribution in [0.5, 0.6) is 0 Å². The molecule has 4 rings (SSSR count). The number of aryl methyl sites for hydroxylation is 1. The van der Waals surface area contributed by atoms with E-state index in [1.807, 2.05) is 0 Å². The molecule has 0 aliphatic carbocycles. The molecule has 0 spiro atoms. The molecule has 0 atom stereocenters. The van der Waals surface area contributed by atoms with Crippen molar-refractivity contribution in [2.75, 3.05) is 18.0 Å². The number of piperidine rings is 1. The molecule has 0 unspecified atom stereocenters. The van der Waals surface area contributed by atoms with Crippen LogP contribution in [0.25, 0.3) is 10.2 Å². The molecule has 3 aromatic rings. The molecule has 1 aliphatic rings. The topological polar surface area (TPSA) is 107 Å². The molecule has 1 fully saturated rings. The lowest BCUT2D eigenvalue weighted by atomic mass is 10.0. The van der Waals surface area contributed by atoms with Gasteiger partial charge in [-0.2, -0.15) is 0 Å². The van der Waals surface area contributed by atoms with Gasteiger partial charge >= 0.3 is 5.69 Å². The number of hydrogen-bond donors (Lipinski definition) is 3. The number of nitrogens with zero attached hydrogens (tertiary/aromatic N) is 3. The van der Waals surface area contributed by atoms with Gasteiger partial charge in [-0.25, -0.2) is 14.8 Å². The maximum atomic E-state index is 11.7. The Morgan fingerprint density at radius 1 is 1.31 bits per heavy atom. The second-order valence-corrected chi connectivity index (χ2v) is 7.41. The second-order valence-electron chi connectivity index (χ2n) is 6.53. The standard InChI is InChI=1S/C17H20N6O2S/c1-10-8-26-14-13(10)20-9-21-15(14)23-4-2-12(3-5-23)18-6-11-7-19-17(25)22-16(11)24/h7-9,12,18H,2-6H2,1H3,(H2,19,22,24,25). The Bertz CT molecular complexity index is 1030. The van der Waals surface area contributed by atoms with Gasteiger partial charge in [0.1, 0.15) is 12.1 Å². The van der Waals surface area contributed by atoms with Crippen LogP contribution in [0.15, 0.2) is 27.5 Å². The van der Waals surface area contributed by atoms with E-state index in [1.165, 1.54) is 11.8 Å². The predicted molar refractivity (Wildman–Crippen MR) is 102 cm³/mol. The van der Waals surface area contributed by atoms with Crippen molar-refractivity contribution >= 4 is 27.4 Å². The van der Waals surface area contributed by atoms with Gasteiger partial charge in [0.15, 0.2) is 0 Å². The molecule has 0 radical (unpaired) electrons. The van der Waals surface area contributed by atoms with E-state index in [9.17, 15) is 9.59 Å². The Kier molecular flexibility index (Phi) is 4.56. The van der Waals surface area contributed by atoms with Crippen LogP contribution < -0.4 is 21.5 Å². The Morgan fingerprint density at radius 3 is 2.88 bits per heavy atom. The molecule has 0 bridgehead atoms. The van der Waals surface area contributed by atoms with Crippen molar-refractivity contribution in [3.05, 3.63) is 49.9 Å². The lowest BCUT2D eigenvalue weighted by Crippen LogP contribution is -2.43. The molecular formula is C17H20N6O2S. The quantitative estimate of drug-likeness (QED) is 0.634. The number of aromatic nitrogens is 4. The Morgan fingerprint density at radius 2 is 2.12 bits per heavy atom. The van der Waals surface area contributed by atoms with Crippen LogP contribution in [-0.4, -0.2) is 39.1 Å². The number of thiophene rings is 1. The first-order chi connectivity index (χ1) is 12.6. The van der Waals surface area contributed by atoms with Gasteiger partial charge in [0.25, 0.3) is 5.56 Å². The highest BCUT2D eigenvalue weighted by Gasteiger charge is 2.22. The summed E-state index contributed by atoms with van der Waals surface area (Å²) in [5.41, 5.74) is 1.95. The maximum absolute atomic E-state index is 11.7. The highest BCUT2D eigenvalue weighted by molar-refractivity contribution is 7.18. The molecule has 0 amide bonds. The van der Waals surface area contributed by atoms with Crippen LogP contribution in [-0.2, 0) is 6.54 Å². The van der Waals surface area contributed by atoms with E-state index >= 15 is 0 Å². The van der Waals surface area contributed by atoms with Crippen molar-refractivity contribution in [1.82, 2.24) is 25.3 Å². The SMILES string of the molecule is Cc1csc2c(N3CCC(NCc4c[nH]c(=O)[nH]c4=O)CC3)ncnc12. The molecule has 3 N–H and O–H groups in total. The number of aromatic amines is 2. The summed E-state index contributed by atoms with van der Waals surface area (Å²) in [7, 11) is 0. The Balaban J connectivity index is 1.39. The molecule has 0 aromatic carbocycles. The number of H-pyrrole nitrogens is 2. The summed E-state index contributed by atoms with van der Waals surface area (Å²) in [5.74, 6) is 1.02. The average molecular weight is 372 g/mol. The van der Waals surface area contributed by atoms with E-state index in [-0.39, 0.29) is 5.56 Å². The van der Waals surface area contributed by atoms with Crippen LogP contribution >= 0.6 is 11.3 Å². The summed E-state index contributed by atoms with van der Waals surface area (Å²) in [5, 5.41) is 5.54. The number of hydrogen-bond acceptors (Lipinski definition) is 7. The van der Waals surface area contributed by atoms with E-state index in [0.29, 0.717) is 18.2 Å². The van der Waals surface area contributed by atoms with Crippen molar-refractivity contribution in [1.29, 1.82) is 0 Å². The van der Waals surface area contributed by atoms with Crippen molar-refractivity contribution in [2.45, 2.75) is 32.4 Å². The first kappa shape index (κ1) is 16.9. The highest BCUT2D eigenvalue weighted by Crippen LogP contribution is 2.32. The van der Waals surface area contributed by atoms with E-state index in [2.05, 4.69) is 42.5 Å². The summed E-state index contributed by atoms with van der Waals surface area (Å²) in [4.78, 5) is 38.8. The van der Waals surface area contributed by atoms with Gasteiger partial charge in [-0.3, -0.25) is 9.78 Å². The van der Waals surface area contributed by atoms with Crippen LogP contribution in [0.2, 0.25) is 0 Å². The number of fused-ring (bicyclic) bond motifs is 1. The van der Waals surface area contributed by atoms with Gasteiger partial charge in [-0.1, -0.05) is 0 Å². The Labute approximate surface area is 153 Å². The van der Waals surface area contributed by atoms with E-state index < -0.39 is 5.69 Å². The molecule has 4 heterocycles. The molecule has 3 aromatic heterocycles. The fourth-order valence-electron chi connectivity index (χ4n) is 3.30. The van der Waals surface area contributed by atoms with Gasteiger partial charge in [-0.15, -0.1) is 11.3 Å². The van der Waals surface area contributed by atoms with E-state index in [1.54, 1.807) is 17.7 Å². The second kappa shape index (κ2) is 7.00. The third-order valence-corrected chi connectivity index (χ3v) is 5.87. The van der Waals surface area contributed by atoms with Crippen molar-refractivity contribution < 1.29 is 0 Å². The third-order valence-electron chi connectivity index (χ3n) is 4.78. The molecule has 26 heavy (non-hydrogen) atoms. The first-order valence-corrected chi connectivity index (χ1v) is 9.48. The molecule has 136 valence electrons. The first-order valence-electron chi connectivity index (χ1n) is 8.60. The minimum atomic E-state index is -0.480. The van der Waals surface area contributed by atoms with Crippen molar-refractivity contribution in [2.24, 2.45) is 0 Å². The van der Waals surface area contributed by atoms with Gasteiger partial charge < -0.3 is 15.2 Å². The third kappa shape index (κ3) is 3.27.